The number of carbonyl (C=O) groups excluding carboxylic acids is 1. The summed E-state index contributed by atoms with van der Waals surface area (Å²) in [6.07, 6.45) is 0.812. The molecule has 1 amide bonds. The Morgan fingerprint density at radius 2 is 2.20 bits per heavy atom. The molecule has 1 aliphatic heterocycles. The third-order valence-electron chi connectivity index (χ3n) is 3.55. The van der Waals surface area contributed by atoms with Crippen molar-refractivity contribution in [2.24, 2.45) is 5.41 Å². The van der Waals surface area contributed by atoms with E-state index >= 15 is 0 Å². The van der Waals surface area contributed by atoms with E-state index in [1.54, 1.807) is 7.11 Å². The fourth-order valence-electron chi connectivity index (χ4n) is 2.44. The lowest BCUT2D eigenvalue weighted by Crippen LogP contribution is -2.46. The Morgan fingerprint density at radius 3 is 2.85 bits per heavy atom. The van der Waals surface area contributed by atoms with Gasteiger partial charge in [0.25, 0.3) is 0 Å². The van der Waals surface area contributed by atoms with E-state index in [9.17, 15) is 4.79 Å². The summed E-state index contributed by atoms with van der Waals surface area (Å²) in [5, 5.41) is 6.16. The largest absolute Gasteiger partial charge is 0.492 e. The van der Waals surface area contributed by atoms with Gasteiger partial charge in [0.15, 0.2) is 0 Å². The van der Waals surface area contributed by atoms with E-state index in [-0.39, 0.29) is 5.91 Å². The van der Waals surface area contributed by atoms with Crippen molar-refractivity contribution < 1.29 is 14.3 Å². The maximum absolute atomic E-state index is 12.3. The van der Waals surface area contributed by atoms with Gasteiger partial charge in [-0.25, -0.2) is 0 Å². The van der Waals surface area contributed by atoms with Crippen molar-refractivity contribution in [3.63, 3.8) is 0 Å². The summed E-state index contributed by atoms with van der Waals surface area (Å²) >= 11 is 0. The highest BCUT2D eigenvalue weighted by molar-refractivity contribution is 5.83. The molecule has 1 aromatic rings. The smallest absolute Gasteiger partial charge is 0.230 e. The first-order chi connectivity index (χ1) is 9.77. The lowest BCUT2D eigenvalue weighted by molar-refractivity contribution is -0.133. The first-order valence-electron chi connectivity index (χ1n) is 6.93. The molecule has 0 aliphatic carbocycles. The van der Waals surface area contributed by atoms with E-state index in [0.29, 0.717) is 26.3 Å². The van der Waals surface area contributed by atoms with Crippen molar-refractivity contribution in [3.05, 3.63) is 30.3 Å². The van der Waals surface area contributed by atoms with Crippen LogP contribution in [0.15, 0.2) is 30.3 Å². The number of nitrogens with one attached hydrogen (secondary N) is 2. The number of hydrogen-bond acceptors (Lipinski definition) is 4. The number of methoxy groups -OCH3 is 1. The topological polar surface area (TPSA) is 59.6 Å². The molecule has 0 spiro atoms. The predicted octanol–water partition coefficient (Wildman–Crippen LogP) is 0.808. The summed E-state index contributed by atoms with van der Waals surface area (Å²) in [4.78, 5) is 12.3. The highest BCUT2D eigenvalue weighted by Gasteiger charge is 2.41. The molecule has 5 heteroatoms. The second kappa shape index (κ2) is 7.26. The maximum atomic E-state index is 12.3. The van der Waals surface area contributed by atoms with E-state index in [1.165, 1.54) is 0 Å². The second-order valence-corrected chi connectivity index (χ2v) is 5.06. The van der Waals surface area contributed by atoms with E-state index < -0.39 is 5.41 Å². The van der Waals surface area contributed by atoms with E-state index in [1.807, 2.05) is 30.3 Å². The van der Waals surface area contributed by atoms with Gasteiger partial charge in [0.05, 0.1) is 18.6 Å². The molecule has 2 N–H and O–H groups in total. The first kappa shape index (κ1) is 14.8. The normalized spacial score (nSPS) is 21.6. The van der Waals surface area contributed by atoms with Crippen LogP contribution >= 0.6 is 0 Å². The van der Waals surface area contributed by atoms with Crippen LogP contribution in [0.4, 0.5) is 0 Å². The van der Waals surface area contributed by atoms with Crippen LogP contribution in [-0.2, 0) is 9.53 Å². The summed E-state index contributed by atoms with van der Waals surface area (Å²) in [6.45, 7) is 2.94. The standard InChI is InChI=1S/C15H22N2O3/c1-19-12-15(7-8-16-11-15)14(18)17-9-10-20-13-5-3-2-4-6-13/h2-6,16H,7-12H2,1H3,(H,17,18). The molecule has 1 aliphatic rings. The van der Waals surface area contributed by atoms with E-state index in [2.05, 4.69) is 10.6 Å². The molecule has 0 aromatic heterocycles. The van der Waals surface area contributed by atoms with Crippen LogP contribution in [0.2, 0.25) is 0 Å². The van der Waals surface area contributed by atoms with Crippen molar-refractivity contribution in [1.82, 2.24) is 10.6 Å². The number of para-hydroxylation sites is 1. The molecule has 5 nitrogen and oxygen atoms in total. The zero-order chi connectivity index (χ0) is 14.3. The Hall–Kier alpha value is -1.59. The molecule has 1 aromatic carbocycles. The van der Waals surface area contributed by atoms with Gasteiger partial charge >= 0.3 is 0 Å². The number of amides is 1. The number of rotatable bonds is 7. The molecular formula is C15H22N2O3. The van der Waals surface area contributed by atoms with Gasteiger partial charge in [0.2, 0.25) is 5.91 Å². The monoisotopic (exact) mass is 278 g/mol. The van der Waals surface area contributed by atoms with Crippen LogP contribution in [0.5, 0.6) is 5.75 Å². The molecule has 1 fully saturated rings. The molecule has 2 rings (SSSR count). The molecule has 1 heterocycles. The SMILES string of the molecule is COCC1(C(=O)NCCOc2ccccc2)CCNC1. The number of hydrogen-bond donors (Lipinski definition) is 2. The van der Waals surface area contributed by atoms with Gasteiger partial charge in [0, 0.05) is 13.7 Å². The Kier molecular flexibility index (Phi) is 5.38. The van der Waals surface area contributed by atoms with Crippen LogP contribution in [0.1, 0.15) is 6.42 Å². The maximum Gasteiger partial charge on any atom is 0.230 e. The molecule has 0 bridgehead atoms. The van der Waals surface area contributed by atoms with Crippen LogP contribution in [-0.4, -0.2) is 45.9 Å². The summed E-state index contributed by atoms with van der Waals surface area (Å²) in [5.74, 6) is 0.858. The van der Waals surface area contributed by atoms with E-state index in [0.717, 1.165) is 18.7 Å². The Morgan fingerprint density at radius 1 is 1.40 bits per heavy atom. The zero-order valence-electron chi connectivity index (χ0n) is 11.9. The van der Waals surface area contributed by atoms with Gasteiger partial charge < -0.3 is 20.1 Å². The number of carbonyl (C=O) groups is 1. The van der Waals surface area contributed by atoms with Gasteiger partial charge in [-0.2, -0.15) is 0 Å². The number of benzene rings is 1. The molecule has 1 unspecified atom stereocenters. The highest BCUT2D eigenvalue weighted by atomic mass is 16.5. The molecule has 20 heavy (non-hydrogen) atoms. The highest BCUT2D eigenvalue weighted by Crippen LogP contribution is 2.25. The van der Waals surface area contributed by atoms with E-state index in [4.69, 9.17) is 9.47 Å². The Bertz CT molecular complexity index is 416. The van der Waals surface area contributed by atoms with Gasteiger partial charge in [0.1, 0.15) is 12.4 Å². The quantitative estimate of drug-likeness (QED) is 0.725. The summed E-state index contributed by atoms with van der Waals surface area (Å²) in [5.41, 5.74) is -0.429. The van der Waals surface area contributed by atoms with Crippen molar-refractivity contribution >= 4 is 5.91 Å². The van der Waals surface area contributed by atoms with Gasteiger partial charge in [-0.3, -0.25) is 4.79 Å². The van der Waals surface area contributed by atoms with Crippen molar-refractivity contribution in [2.45, 2.75) is 6.42 Å². The number of ether oxygens (including phenoxy) is 2. The van der Waals surface area contributed by atoms with Gasteiger partial charge in [-0.1, -0.05) is 18.2 Å². The third kappa shape index (κ3) is 3.71. The minimum absolute atomic E-state index is 0.0426. The zero-order valence-corrected chi connectivity index (χ0v) is 11.9. The molecule has 0 radical (unpaired) electrons. The minimum Gasteiger partial charge on any atom is -0.492 e. The van der Waals surface area contributed by atoms with Gasteiger partial charge in [-0.05, 0) is 25.1 Å². The fourth-order valence-corrected chi connectivity index (χ4v) is 2.44. The minimum atomic E-state index is -0.429. The van der Waals surface area contributed by atoms with Crippen LogP contribution < -0.4 is 15.4 Å². The summed E-state index contributed by atoms with van der Waals surface area (Å²) in [7, 11) is 1.63. The van der Waals surface area contributed by atoms with Crippen LogP contribution in [0.3, 0.4) is 0 Å². The Labute approximate surface area is 119 Å². The third-order valence-corrected chi connectivity index (χ3v) is 3.55. The predicted molar refractivity (Wildman–Crippen MR) is 76.7 cm³/mol. The van der Waals surface area contributed by atoms with Crippen molar-refractivity contribution in [1.29, 1.82) is 0 Å². The van der Waals surface area contributed by atoms with Crippen LogP contribution in [0.25, 0.3) is 0 Å². The summed E-state index contributed by atoms with van der Waals surface area (Å²) < 4.78 is 10.7. The first-order valence-corrected chi connectivity index (χ1v) is 6.93. The molecule has 1 saturated heterocycles. The average Bonchev–Trinajstić information content (AvgIpc) is 2.95. The Balaban J connectivity index is 1.74. The molecular weight excluding hydrogens is 256 g/mol. The summed E-state index contributed by atoms with van der Waals surface area (Å²) in [6, 6.07) is 9.58. The molecule has 110 valence electrons. The molecule has 0 saturated carbocycles. The lowest BCUT2D eigenvalue weighted by Gasteiger charge is -2.25. The lowest BCUT2D eigenvalue weighted by atomic mass is 9.87. The average molecular weight is 278 g/mol. The van der Waals surface area contributed by atoms with Crippen molar-refractivity contribution in [2.75, 3.05) is 40.0 Å². The molecule has 1 atom stereocenters. The fraction of sp³-hybridized carbons (Fsp3) is 0.533. The van der Waals surface area contributed by atoms with Crippen molar-refractivity contribution in [3.8, 4) is 5.75 Å². The van der Waals surface area contributed by atoms with Crippen LogP contribution in [0, 0.1) is 5.41 Å². The second-order valence-electron chi connectivity index (χ2n) is 5.06. The van der Waals surface area contributed by atoms with Gasteiger partial charge in [-0.15, -0.1) is 0 Å².